The van der Waals surface area contributed by atoms with Crippen molar-refractivity contribution in [2.24, 2.45) is 17.6 Å². The molecule has 1 aliphatic heterocycles. The van der Waals surface area contributed by atoms with E-state index in [2.05, 4.69) is 25.7 Å². The fourth-order valence-electron chi connectivity index (χ4n) is 2.01. The largest absolute Gasteiger partial charge is 0.380 e. The van der Waals surface area contributed by atoms with Gasteiger partial charge in [0.05, 0.1) is 6.61 Å². The summed E-state index contributed by atoms with van der Waals surface area (Å²) in [5.74, 6) is 1.33. The molecule has 1 aliphatic rings. The van der Waals surface area contributed by atoms with Crippen LogP contribution in [0.5, 0.6) is 0 Å². The van der Waals surface area contributed by atoms with E-state index in [1.807, 2.05) is 0 Å². The number of hydrogen-bond acceptors (Lipinski definition) is 3. The number of nitrogens with zero attached hydrogens (tertiary/aromatic N) is 1. The minimum atomic E-state index is 0. The zero-order chi connectivity index (χ0) is 11.3. The fraction of sp³-hybridized carbons (Fsp3) is 1.00. The summed E-state index contributed by atoms with van der Waals surface area (Å²) in [7, 11) is 0. The molecule has 2 unspecified atom stereocenters. The van der Waals surface area contributed by atoms with Crippen LogP contribution in [0.4, 0.5) is 0 Å². The molecule has 2 N–H and O–H groups in total. The van der Waals surface area contributed by atoms with E-state index in [1.165, 1.54) is 13.0 Å². The monoisotopic (exact) mass is 250 g/mol. The first-order chi connectivity index (χ1) is 7.09. The van der Waals surface area contributed by atoms with Gasteiger partial charge < -0.3 is 15.4 Å². The van der Waals surface area contributed by atoms with Gasteiger partial charge in [0.25, 0.3) is 0 Å². The topological polar surface area (TPSA) is 38.5 Å². The van der Waals surface area contributed by atoms with Gasteiger partial charge in [-0.05, 0) is 31.7 Å². The van der Waals surface area contributed by atoms with Crippen LogP contribution in [-0.4, -0.2) is 43.8 Å². The molecule has 98 valence electrons. The highest BCUT2D eigenvalue weighted by Crippen LogP contribution is 2.17. The van der Waals surface area contributed by atoms with Crippen LogP contribution in [0, 0.1) is 11.8 Å². The van der Waals surface area contributed by atoms with E-state index in [1.54, 1.807) is 0 Å². The van der Waals surface area contributed by atoms with Crippen LogP contribution < -0.4 is 5.73 Å². The van der Waals surface area contributed by atoms with Crippen LogP contribution in [0.15, 0.2) is 0 Å². The van der Waals surface area contributed by atoms with E-state index in [4.69, 9.17) is 10.5 Å². The van der Waals surface area contributed by atoms with Gasteiger partial charge in [-0.1, -0.05) is 13.8 Å². The van der Waals surface area contributed by atoms with Crippen LogP contribution in [0.3, 0.4) is 0 Å². The molecule has 0 bridgehead atoms. The summed E-state index contributed by atoms with van der Waals surface area (Å²) in [6.07, 6.45) is 1.25. The molecule has 0 radical (unpaired) electrons. The predicted molar refractivity (Wildman–Crippen MR) is 71.1 cm³/mol. The number of rotatable bonds is 6. The number of halogens is 1. The van der Waals surface area contributed by atoms with Crippen LogP contribution in [0.2, 0.25) is 0 Å². The lowest BCUT2D eigenvalue weighted by molar-refractivity contribution is 0.0901. The Balaban J connectivity index is 0.00000225. The Bertz CT molecular complexity index is 176. The van der Waals surface area contributed by atoms with Gasteiger partial charge in [-0.3, -0.25) is 0 Å². The van der Waals surface area contributed by atoms with Gasteiger partial charge in [0.15, 0.2) is 0 Å². The van der Waals surface area contributed by atoms with Crippen molar-refractivity contribution in [2.45, 2.75) is 33.2 Å². The first-order valence-corrected chi connectivity index (χ1v) is 6.15. The van der Waals surface area contributed by atoms with E-state index >= 15 is 0 Å². The highest BCUT2D eigenvalue weighted by molar-refractivity contribution is 5.85. The van der Waals surface area contributed by atoms with E-state index < -0.39 is 0 Å². The third kappa shape index (κ3) is 6.04. The SMILES string of the molecule is CC(C)COCCN1CCC(C(C)N)C1.Cl. The molecule has 0 aromatic carbocycles. The smallest absolute Gasteiger partial charge is 0.0593 e. The zero-order valence-corrected chi connectivity index (χ0v) is 11.6. The van der Waals surface area contributed by atoms with Crippen molar-refractivity contribution in [1.82, 2.24) is 4.90 Å². The minimum Gasteiger partial charge on any atom is -0.380 e. The van der Waals surface area contributed by atoms with Gasteiger partial charge in [-0.2, -0.15) is 0 Å². The summed E-state index contributed by atoms with van der Waals surface area (Å²) < 4.78 is 5.58. The molecular weight excluding hydrogens is 224 g/mol. The molecule has 0 aliphatic carbocycles. The summed E-state index contributed by atoms with van der Waals surface area (Å²) in [5.41, 5.74) is 5.90. The third-order valence-electron chi connectivity index (χ3n) is 3.06. The Morgan fingerprint density at radius 1 is 1.38 bits per heavy atom. The van der Waals surface area contributed by atoms with Crippen molar-refractivity contribution < 1.29 is 4.74 Å². The second-order valence-electron chi connectivity index (χ2n) is 5.18. The van der Waals surface area contributed by atoms with Gasteiger partial charge in [0.1, 0.15) is 0 Å². The van der Waals surface area contributed by atoms with Crippen LogP contribution in [0.25, 0.3) is 0 Å². The molecule has 3 nitrogen and oxygen atoms in total. The lowest BCUT2D eigenvalue weighted by atomic mass is 10.0. The third-order valence-corrected chi connectivity index (χ3v) is 3.06. The molecule has 1 fully saturated rings. The Labute approximate surface area is 106 Å². The Morgan fingerprint density at radius 3 is 2.56 bits per heavy atom. The molecule has 16 heavy (non-hydrogen) atoms. The van der Waals surface area contributed by atoms with Crippen molar-refractivity contribution in [3.8, 4) is 0 Å². The summed E-state index contributed by atoms with van der Waals surface area (Å²) in [6.45, 7) is 11.6. The molecular formula is C12H27ClN2O. The summed E-state index contributed by atoms with van der Waals surface area (Å²) in [6, 6.07) is 0.339. The maximum Gasteiger partial charge on any atom is 0.0593 e. The average Bonchev–Trinajstić information content (AvgIpc) is 2.60. The second kappa shape index (κ2) is 8.29. The second-order valence-corrected chi connectivity index (χ2v) is 5.18. The number of nitrogens with two attached hydrogens (primary N) is 1. The Kier molecular flexibility index (Phi) is 8.38. The molecule has 0 saturated carbocycles. The van der Waals surface area contributed by atoms with E-state index in [9.17, 15) is 0 Å². The molecule has 1 heterocycles. The molecule has 2 atom stereocenters. The normalized spacial score (nSPS) is 23.4. The maximum atomic E-state index is 5.90. The van der Waals surface area contributed by atoms with Crippen LogP contribution in [0.1, 0.15) is 27.2 Å². The number of hydrogen-bond donors (Lipinski definition) is 1. The van der Waals surface area contributed by atoms with E-state index in [0.29, 0.717) is 17.9 Å². The average molecular weight is 251 g/mol. The summed E-state index contributed by atoms with van der Waals surface area (Å²) >= 11 is 0. The quantitative estimate of drug-likeness (QED) is 0.730. The summed E-state index contributed by atoms with van der Waals surface area (Å²) in [5, 5.41) is 0. The van der Waals surface area contributed by atoms with Crippen molar-refractivity contribution in [3.05, 3.63) is 0 Å². The fourth-order valence-corrected chi connectivity index (χ4v) is 2.01. The predicted octanol–water partition coefficient (Wildman–Crippen LogP) is 1.75. The van der Waals surface area contributed by atoms with Crippen molar-refractivity contribution in [1.29, 1.82) is 0 Å². The molecule has 0 aromatic rings. The van der Waals surface area contributed by atoms with Crippen molar-refractivity contribution >= 4 is 12.4 Å². The number of ether oxygens (including phenoxy) is 1. The van der Waals surface area contributed by atoms with Crippen LogP contribution in [-0.2, 0) is 4.74 Å². The first-order valence-electron chi connectivity index (χ1n) is 6.15. The van der Waals surface area contributed by atoms with Gasteiger partial charge in [0.2, 0.25) is 0 Å². The standard InChI is InChI=1S/C12H26N2O.ClH/c1-10(2)9-15-7-6-14-5-4-12(8-14)11(3)13;/h10-12H,4-9,13H2,1-3H3;1H. The molecule has 1 saturated heterocycles. The molecule has 1 rings (SSSR count). The lowest BCUT2D eigenvalue weighted by Crippen LogP contribution is -2.31. The Hall–Kier alpha value is 0.170. The zero-order valence-electron chi connectivity index (χ0n) is 10.8. The van der Waals surface area contributed by atoms with Crippen molar-refractivity contribution in [3.63, 3.8) is 0 Å². The number of likely N-dealkylation sites (tertiary alicyclic amines) is 1. The van der Waals surface area contributed by atoms with Crippen LogP contribution >= 0.6 is 12.4 Å². The van der Waals surface area contributed by atoms with E-state index in [0.717, 1.165) is 26.3 Å². The van der Waals surface area contributed by atoms with Gasteiger partial charge >= 0.3 is 0 Å². The summed E-state index contributed by atoms with van der Waals surface area (Å²) in [4.78, 5) is 2.47. The van der Waals surface area contributed by atoms with Gasteiger partial charge in [0, 0.05) is 25.7 Å². The van der Waals surface area contributed by atoms with Gasteiger partial charge in [-0.25, -0.2) is 0 Å². The molecule has 0 aromatic heterocycles. The molecule has 4 heteroatoms. The van der Waals surface area contributed by atoms with Gasteiger partial charge in [-0.15, -0.1) is 12.4 Å². The highest BCUT2D eigenvalue weighted by atomic mass is 35.5. The van der Waals surface area contributed by atoms with Crippen molar-refractivity contribution in [2.75, 3.05) is 32.8 Å². The minimum absolute atomic E-state index is 0. The maximum absolute atomic E-state index is 5.90. The Morgan fingerprint density at radius 2 is 2.06 bits per heavy atom. The van der Waals surface area contributed by atoms with E-state index in [-0.39, 0.29) is 12.4 Å². The lowest BCUT2D eigenvalue weighted by Gasteiger charge is -2.18. The molecule has 0 amide bonds. The highest BCUT2D eigenvalue weighted by Gasteiger charge is 2.24. The molecule has 0 spiro atoms. The first kappa shape index (κ1) is 16.2.